The molecule has 1 aromatic heterocycles. The molecular weight excluding hydrogens is 190 g/mol. The van der Waals surface area contributed by atoms with Gasteiger partial charge in [-0.25, -0.2) is 4.98 Å². The highest BCUT2D eigenvalue weighted by Crippen LogP contribution is 2.10. The molecule has 4 heteroatoms. The van der Waals surface area contributed by atoms with Gasteiger partial charge in [-0.15, -0.1) is 0 Å². The van der Waals surface area contributed by atoms with Crippen LogP contribution in [0.3, 0.4) is 0 Å². The van der Waals surface area contributed by atoms with Gasteiger partial charge in [-0.3, -0.25) is 0 Å². The maximum Gasteiger partial charge on any atom is 0.213 e. The van der Waals surface area contributed by atoms with Crippen LogP contribution in [0.2, 0.25) is 0 Å². The normalized spacial score (nSPS) is 10.4. The maximum absolute atomic E-state index is 5.26. The SMILES string of the molecule is CCOc1ccc(NCCN(C)C)cn1. The zero-order chi connectivity index (χ0) is 11.1. The van der Waals surface area contributed by atoms with Crippen LogP contribution in [0.15, 0.2) is 18.3 Å². The topological polar surface area (TPSA) is 37.4 Å². The van der Waals surface area contributed by atoms with Crippen molar-refractivity contribution in [1.29, 1.82) is 0 Å². The van der Waals surface area contributed by atoms with Gasteiger partial charge in [0.25, 0.3) is 0 Å². The summed E-state index contributed by atoms with van der Waals surface area (Å²) < 4.78 is 5.26. The number of hydrogen-bond donors (Lipinski definition) is 1. The largest absolute Gasteiger partial charge is 0.478 e. The zero-order valence-electron chi connectivity index (χ0n) is 9.66. The van der Waals surface area contributed by atoms with Crippen molar-refractivity contribution in [2.45, 2.75) is 6.92 Å². The molecule has 0 amide bonds. The molecule has 0 saturated heterocycles. The number of likely N-dealkylation sites (N-methyl/N-ethyl adjacent to an activating group) is 1. The molecule has 1 rings (SSSR count). The van der Waals surface area contributed by atoms with Crippen molar-refractivity contribution in [2.75, 3.05) is 39.1 Å². The molecule has 0 bridgehead atoms. The third kappa shape index (κ3) is 4.65. The number of rotatable bonds is 6. The first-order valence-corrected chi connectivity index (χ1v) is 5.20. The Hall–Kier alpha value is -1.29. The van der Waals surface area contributed by atoms with Crippen molar-refractivity contribution >= 4 is 5.69 Å². The van der Waals surface area contributed by atoms with Crippen molar-refractivity contribution in [3.8, 4) is 5.88 Å². The third-order valence-corrected chi connectivity index (χ3v) is 1.92. The Balaban J connectivity index is 2.36. The Morgan fingerprint density at radius 2 is 2.20 bits per heavy atom. The summed E-state index contributed by atoms with van der Waals surface area (Å²) in [6.07, 6.45) is 1.79. The summed E-state index contributed by atoms with van der Waals surface area (Å²) >= 11 is 0. The van der Waals surface area contributed by atoms with Crippen molar-refractivity contribution in [3.63, 3.8) is 0 Å². The standard InChI is InChI=1S/C11H19N3O/c1-4-15-11-6-5-10(9-13-11)12-7-8-14(2)3/h5-6,9,12H,4,7-8H2,1-3H3. The molecule has 0 spiro atoms. The molecule has 1 aromatic rings. The fourth-order valence-electron chi connectivity index (χ4n) is 1.14. The summed E-state index contributed by atoms with van der Waals surface area (Å²) in [7, 11) is 4.11. The quantitative estimate of drug-likeness (QED) is 0.769. The molecule has 0 aliphatic rings. The van der Waals surface area contributed by atoms with E-state index < -0.39 is 0 Å². The fourth-order valence-corrected chi connectivity index (χ4v) is 1.14. The molecule has 0 radical (unpaired) electrons. The van der Waals surface area contributed by atoms with Gasteiger partial charge in [0, 0.05) is 19.2 Å². The predicted octanol–water partition coefficient (Wildman–Crippen LogP) is 1.45. The second-order valence-electron chi connectivity index (χ2n) is 3.55. The smallest absolute Gasteiger partial charge is 0.213 e. The zero-order valence-corrected chi connectivity index (χ0v) is 9.66. The van der Waals surface area contributed by atoms with E-state index in [0.29, 0.717) is 12.5 Å². The van der Waals surface area contributed by atoms with E-state index in [1.165, 1.54) is 0 Å². The molecule has 0 aliphatic heterocycles. The van der Waals surface area contributed by atoms with Crippen LogP contribution in [0.4, 0.5) is 5.69 Å². The van der Waals surface area contributed by atoms with Crippen molar-refractivity contribution < 1.29 is 4.74 Å². The van der Waals surface area contributed by atoms with Gasteiger partial charge in [-0.05, 0) is 27.1 Å². The molecule has 0 unspecified atom stereocenters. The average molecular weight is 209 g/mol. The highest BCUT2D eigenvalue weighted by molar-refractivity contribution is 5.41. The van der Waals surface area contributed by atoms with E-state index >= 15 is 0 Å². The lowest BCUT2D eigenvalue weighted by Crippen LogP contribution is -2.20. The van der Waals surface area contributed by atoms with Crippen LogP contribution in [-0.2, 0) is 0 Å². The Morgan fingerprint density at radius 3 is 2.73 bits per heavy atom. The van der Waals surface area contributed by atoms with Crippen LogP contribution in [-0.4, -0.2) is 43.7 Å². The number of ether oxygens (including phenoxy) is 1. The van der Waals surface area contributed by atoms with Crippen LogP contribution in [0, 0.1) is 0 Å². The van der Waals surface area contributed by atoms with Gasteiger partial charge in [-0.1, -0.05) is 0 Å². The maximum atomic E-state index is 5.26. The van der Waals surface area contributed by atoms with Crippen molar-refractivity contribution in [2.24, 2.45) is 0 Å². The Labute approximate surface area is 91.3 Å². The fraction of sp³-hybridized carbons (Fsp3) is 0.545. The molecule has 1 heterocycles. The minimum absolute atomic E-state index is 0.653. The predicted molar refractivity (Wildman–Crippen MR) is 62.4 cm³/mol. The second-order valence-corrected chi connectivity index (χ2v) is 3.55. The minimum Gasteiger partial charge on any atom is -0.478 e. The molecule has 0 fully saturated rings. The van der Waals surface area contributed by atoms with Crippen LogP contribution < -0.4 is 10.1 Å². The number of aromatic nitrogens is 1. The highest BCUT2D eigenvalue weighted by Gasteiger charge is 1.95. The molecule has 0 saturated carbocycles. The summed E-state index contributed by atoms with van der Waals surface area (Å²) in [5.74, 6) is 0.677. The second kappa shape index (κ2) is 6.24. The lowest BCUT2D eigenvalue weighted by molar-refractivity contribution is 0.327. The lowest BCUT2D eigenvalue weighted by atomic mass is 10.4. The molecule has 1 N–H and O–H groups in total. The van der Waals surface area contributed by atoms with Gasteiger partial charge < -0.3 is 15.0 Å². The molecular formula is C11H19N3O. The van der Waals surface area contributed by atoms with E-state index in [2.05, 4.69) is 29.3 Å². The van der Waals surface area contributed by atoms with Gasteiger partial charge in [0.1, 0.15) is 0 Å². The number of pyridine rings is 1. The first-order chi connectivity index (χ1) is 7.22. The van der Waals surface area contributed by atoms with E-state index in [1.54, 1.807) is 6.20 Å². The number of anilines is 1. The summed E-state index contributed by atoms with van der Waals surface area (Å²) in [5, 5.41) is 3.29. The first kappa shape index (κ1) is 11.8. The Bertz CT molecular complexity index is 272. The van der Waals surface area contributed by atoms with Gasteiger partial charge in [0.2, 0.25) is 5.88 Å². The van der Waals surface area contributed by atoms with Crippen LogP contribution >= 0.6 is 0 Å². The summed E-state index contributed by atoms with van der Waals surface area (Å²) in [4.78, 5) is 6.30. The van der Waals surface area contributed by atoms with Gasteiger partial charge in [-0.2, -0.15) is 0 Å². The number of nitrogens with one attached hydrogen (secondary N) is 1. The lowest BCUT2D eigenvalue weighted by Gasteiger charge is -2.11. The van der Waals surface area contributed by atoms with Crippen molar-refractivity contribution in [1.82, 2.24) is 9.88 Å². The highest BCUT2D eigenvalue weighted by atomic mass is 16.5. The molecule has 0 aliphatic carbocycles. The van der Waals surface area contributed by atoms with Crippen LogP contribution in [0.1, 0.15) is 6.92 Å². The number of nitrogens with zero attached hydrogens (tertiary/aromatic N) is 2. The minimum atomic E-state index is 0.653. The van der Waals surface area contributed by atoms with Gasteiger partial charge >= 0.3 is 0 Å². The van der Waals surface area contributed by atoms with Gasteiger partial charge in [0.15, 0.2) is 0 Å². The van der Waals surface area contributed by atoms with Crippen molar-refractivity contribution in [3.05, 3.63) is 18.3 Å². The first-order valence-electron chi connectivity index (χ1n) is 5.20. The molecule has 15 heavy (non-hydrogen) atoms. The molecule has 0 atom stereocenters. The van der Waals surface area contributed by atoms with Crippen LogP contribution in [0.5, 0.6) is 5.88 Å². The summed E-state index contributed by atoms with van der Waals surface area (Å²) in [6.45, 7) is 4.53. The molecule has 84 valence electrons. The van der Waals surface area contributed by atoms with E-state index in [9.17, 15) is 0 Å². The molecule has 0 aromatic carbocycles. The Morgan fingerprint density at radius 1 is 1.40 bits per heavy atom. The van der Waals surface area contributed by atoms with E-state index in [1.807, 2.05) is 19.1 Å². The van der Waals surface area contributed by atoms with Gasteiger partial charge in [0.05, 0.1) is 18.5 Å². The van der Waals surface area contributed by atoms with Crippen LogP contribution in [0.25, 0.3) is 0 Å². The monoisotopic (exact) mass is 209 g/mol. The molecule has 4 nitrogen and oxygen atoms in total. The average Bonchev–Trinajstić information content (AvgIpc) is 2.20. The Kier molecular flexibility index (Phi) is 4.90. The van der Waals surface area contributed by atoms with E-state index in [-0.39, 0.29) is 0 Å². The third-order valence-electron chi connectivity index (χ3n) is 1.92. The summed E-state index contributed by atoms with van der Waals surface area (Å²) in [5.41, 5.74) is 1.03. The van der Waals surface area contributed by atoms with E-state index in [4.69, 9.17) is 4.74 Å². The van der Waals surface area contributed by atoms with E-state index in [0.717, 1.165) is 18.8 Å². The summed E-state index contributed by atoms with van der Waals surface area (Å²) in [6, 6.07) is 3.86. The number of hydrogen-bond acceptors (Lipinski definition) is 4.